The number of methoxy groups -OCH3 is 1. The summed E-state index contributed by atoms with van der Waals surface area (Å²) in [6.07, 6.45) is 2.68. The third-order valence-corrected chi connectivity index (χ3v) is 6.83. The Hall–Kier alpha value is -3.69. The normalized spacial score (nSPS) is 13.8. The molecular weight excluding hydrogens is 442 g/mol. The van der Waals surface area contributed by atoms with Crippen LogP contribution in [-0.2, 0) is 4.74 Å². The fourth-order valence-electron chi connectivity index (χ4n) is 4.81. The van der Waals surface area contributed by atoms with Crippen LogP contribution in [0.15, 0.2) is 85.6 Å². The summed E-state index contributed by atoms with van der Waals surface area (Å²) in [6.45, 7) is 6.40. The summed E-state index contributed by atoms with van der Waals surface area (Å²) < 4.78 is 4.81. The summed E-state index contributed by atoms with van der Waals surface area (Å²) in [5, 5.41) is 0.382. The van der Waals surface area contributed by atoms with Crippen molar-refractivity contribution in [3.63, 3.8) is 0 Å². The molecule has 1 aliphatic rings. The van der Waals surface area contributed by atoms with Crippen LogP contribution >= 0.6 is 11.6 Å². The molecule has 1 unspecified atom stereocenters. The van der Waals surface area contributed by atoms with Gasteiger partial charge in [0.05, 0.1) is 17.7 Å². The number of fused-ring (bicyclic) bond motifs is 3. The first kappa shape index (κ1) is 22.1. The van der Waals surface area contributed by atoms with Crippen molar-refractivity contribution in [2.45, 2.75) is 19.3 Å². The molecule has 0 N–H and O–H groups in total. The molecule has 0 saturated carbocycles. The minimum Gasteiger partial charge on any atom is -0.465 e. The van der Waals surface area contributed by atoms with Crippen LogP contribution < -0.4 is 0 Å². The van der Waals surface area contributed by atoms with Gasteiger partial charge < -0.3 is 4.74 Å². The summed E-state index contributed by atoms with van der Waals surface area (Å²) >= 11 is 6.39. The van der Waals surface area contributed by atoms with Gasteiger partial charge in [0.2, 0.25) is 0 Å². The summed E-state index contributed by atoms with van der Waals surface area (Å²) in [5.74, 6) is -0.196. The number of aryl methyl sites for hydroxylation is 1. The minimum atomic E-state index is -0.438. The average Bonchev–Trinajstić information content (AvgIpc) is 3.16. The van der Waals surface area contributed by atoms with Crippen LogP contribution in [0, 0.1) is 6.92 Å². The third-order valence-electron chi connectivity index (χ3n) is 6.52. The first-order valence-corrected chi connectivity index (χ1v) is 11.6. The van der Waals surface area contributed by atoms with Crippen LogP contribution in [0.5, 0.6) is 0 Å². The van der Waals surface area contributed by atoms with Crippen molar-refractivity contribution < 1.29 is 9.53 Å². The first-order valence-electron chi connectivity index (χ1n) is 11.2. The van der Waals surface area contributed by atoms with E-state index >= 15 is 0 Å². The van der Waals surface area contributed by atoms with Gasteiger partial charge >= 0.3 is 5.97 Å². The molecule has 5 rings (SSSR count). The largest absolute Gasteiger partial charge is 0.465 e. The van der Waals surface area contributed by atoms with E-state index in [9.17, 15) is 4.79 Å². The van der Waals surface area contributed by atoms with E-state index in [-0.39, 0.29) is 5.92 Å². The lowest BCUT2D eigenvalue weighted by Crippen LogP contribution is -2.02. The fraction of sp³-hybridized carbons (Fsp3) is 0.133. The number of pyridine rings is 1. The molecule has 0 aliphatic heterocycles. The zero-order valence-corrected chi connectivity index (χ0v) is 19.9. The number of hydrogen-bond acceptors (Lipinski definition) is 3. The van der Waals surface area contributed by atoms with E-state index in [4.69, 9.17) is 16.3 Å². The van der Waals surface area contributed by atoms with Gasteiger partial charge in [-0.2, -0.15) is 0 Å². The fourth-order valence-corrected chi connectivity index (χ4v) is 5.06. The number of ether oxygens (including phenoxy) is 1. The van der Waals surface area contributed by atoms with Crippen LogP contribution in [-0.4, -0.2) is 18.1 Å². The predicted molar refractivity (Wildman–Crippen MR) is 138 cm³/mol. The lowest BCUT2D eigenvalue weighted by Gasteiger charge is -2.16. The Morgan fingerprint density at radius 3 is 2.47 bits per heavy atom. The van der Waals surface area contributed by atoms with Gasteiger partial charge in [0, 0.05) is 17.8 Å². The Bertz CT molecular complexity index is 1440. The van der Waals surface area contributed by atoms with Crippen LogP contribution in [0.3, 0.4) is 0 Å². The topological polar surface area (TPSA) is 39.2 Å². The molecular formula is C30H24ClNO2. The Morgan fingerprint density at radius 1 is 0.971 bits per heavy atom. The maximum atomic E-state index is 11.9. The van der Waals surface area contributed by atoms with Gasteiger partial charge in [-0.1, -0.05) is 60.6 Å². The number of esters is 1. The summed E-state index contributed by atoms with van der Waals surface area (Å²) in [7, 11) is 1.35. The molecule has 4 aromatic rings. The van der Waals surface area contributed by atoms with Crippen LogP contribution in [0.25, 0.3) is 27.8 Å². The number of nitrogens with zero attached hydrogens (tertiary/aromatic N) is 1. The zero-order valence-electron chi connectivity index (χ0n) is 19.1. The molecule has 3 nitrogen and oxygen atoms in total. The molecule has 1 aliphatic carbocycles. The molecule has 0 spiro atoms. The SMILES string of the molecule is C=C(CC1c2ccccc2-c2cc(-c3ccc(C(=O)OC)c(Cl)c3)ccc21)c1ccnc(C)c1. The first-order chi connectivity index (χ1) is 16.5. The van der Waals surface area contributed by atoms with Crippen molar-refractivity contribution in [3.8, 4) is 22.3 Å². The monoisotopic (exact) mass is 465 g/mol. The number of hydrogen-bond donors (Lipinski definition) is 0. The van der Waals surface area contributed by atoms with E-state index in [0.717, 1.165) is 34.4 Å². The molecule has 1 heterocycles. The van der Waals surface area contributed by atoms with E-state index in [2.05, 4.69) is 60.1 Å². The summed E-state index contributed by atoms with van der Waals surface area (Å²) in [4.78, 5) is 16.2. The predicted octanol–water partition coefficient (Wildman–Crippen LogP) is 7.71. The Labute approximate surface area is 204 Å². The molecule has 0 bridgehead atoms. The van der Waals surface area contributed by atoms with Crippen molar-refractivity contribution in [2.24, 2.45) is 0 Å². The number of aromatic nitrogens is 1. The second-order valence-corrected chi connectivity index (χ2v) is 9.03. The van der Waals surface area contributed by atoms with E-state index in [0.29, 0.717) is 10.6 Å². The number of rotatable bonds is 5. The van der Waals surface area contributed by atoms with E-state index < -0.39 is 5.97 Å². The summed E-state index contributed by atoms with van der Waals surface area (Å²) in [5.41, 5.74) is 10.7. The Morgan fingerprint density at radius 2 is 1.71 bits per heavy atom. The van der Waals surface area contributed by atoms with Gasteiger partial charge in [0.15, 0.2) is 0 Å². The van der Waals surface area contributed by atoms with E-state index in [1.807, 2.05) is 31.3 Å². The lowest BCUT2D eigenvalue weighted by atomic mass is 9.87. The molecule has 0 amide bonds. The number of halogens is 1. The second-order valence-electron chi connectivity index (χ2n) is 8.62. The lowest BCUT2D eigenvalue weighted by molar-refractivity contribution is 0.0601. The van der Waals surface area contributed by atoms with Gasteiger partial charge in [-0.3, -0.25) is 4.98 Å². The average molecular weight is 466 g/mol. The smallest absolute Gasteiger partial charge is 0.339 e. The van der Waals surface area contributed by atoms with Gasteiger partial charge in [0.1, 0.15) is 0 Å². The van der Waals surface area contributed by atoms with E-state index in [1.165, 1.54) is 29.4 Å². The van der Waals surface area contributed by atoms with Crippen molar-refractivity contribution in [2.75, 3.05) is 7.11 Å². The highest BCUT2D eigenvalue weighted by Crippen LogP contribution is 2.49. The van der Waals surface area contributed by atoms with Crippen LogP contribution in [0.1, 0.15) is 45.1 Å². The molecule has 1 aromatic heterocycles. The molecule has 4 heteroatoms. The standard InChI is InChI=1S/C30H24ClNO2/c1-18(20-12-13-32-19(2)15-20)14-27-23-6-4-5-7-24(23)28-16-21(8-10-25(27)28)22-9-11-26(29(31)17-22)30(33)34-3/h4-13,15-17,27H,1,14H2,2-3H3. The third kappa shape index (κ3) is 3.93. The molecule has 34 heavy (non-hydrogen) atoms. The molecule has 0 saturated heterocycles. The second kappa shape index (κ2) is 8.92. The highest BCUT2D eigenvalue weighted by atomic mass is 35.5. The number of carbonyl (C=O) groups excluding carboxylic acids is 1. The quantitative estimate of drug-likeness (QED) is 0.283. The van der Waals surface area contributed by atoms with Gasteiger partial charge in [0.25, 0.3) is 0 Å². The van der Waals surface area contributed by atoms with Crippen molar-refractivity contribution in [3.05, 3.63) is 119 Å². The van der Waals surface area contributed by atoms with Gasteiger partial charge in [-0.15, -0.1) is 0 Å². The molecule has 0 radical (unpaired) electrons. The number of allylic oxidation sites excluding steroid dienone is 1. The summed E-state index contributed by atoms with van der Waals surface area (Å²) in [6, 6.07) is 24.7. The van der Waals surface area contributed by atoms with Crippen LogP contribution in [0.2, 0.25) is 5.02 Å². The number of carbonyl (C=O) groups is 1. The highest BCUT2D eigenvalue weighted by molar-refractivity contribution is 6.33. The van der Waals surface area contributed by atoms with Crippen molar-refractivity contribution in [1.29, 1.82) is 0 Å². The van der Waals surface area contributed by atoms with Gasteiger partial charge in [-0.25, -0.2) is 4.79 Å². The molecule has 168 valence electrons. The van der Waals surface area contributed by atoms with Crippen molar-refractivity contribution in [1.82, 2.24) is 4.98 Å². The minimum absolute atomic E-state index is 0.242. The molecule has 1 atom stereocenters. The maximum absolute atomic E-state index is 11.9. The van der Waals surface area contributed by atoms with E-state index in [1.54, 1.807) is 6.07 Å². The highest BCUT2D eigenvalue weighted by Gasteiger charge is 2.29. The zero-order chi connectivity index (χ0) is 23.8. The Balaban J connectivity index is 1.53. The molecule has 0 fully saturated rings. The maximum Gasteiger partial charge on any atom is 0.339 e. The van der Waals surface area contributed by atoms with Crippen LogP contribution in [0.4, 0.5) is 0 Å². The van der Waals surface area contributed by atoms with Crippen molar-refractivity contribution >= 4 is 23.1 Å². The Kier molecular flexibility index (Phi) is 5.80. The number of benzene rings is 3. The van der Waals surface area contributed by atoms with Gasteiger partial charge in [-0.05, 0) is 88.2 Å². The molecule has 3 aromatic carbocycles.